The summed E-state index contributed by atoms with van der Waals surface area (Å²) in [5.41, 5.74) is 7.01. The number of nitrogens with zero attached hydrogens (tertiary/aromatic N) is 4. The second kappa shape index (κ2) is 9.26. The molecule has 2 aromatic rings. The number of oxime groups is 2. The molecule has 6 heteroatoms. The molecule has 0 saturated heterocycles. The van der Waals surface area contributed by atoms with Crippen LogP contribution in [0, 0.1) is 0 Å². The maximum absolute atomic E-state index is 4.99. The minimum Gasteiger partial charge on any atom is -0.399 e. The third kappa shape index (κ3) is 4.90. The maximum atomic E-state index is 4.99. The first-order chi connectivity index (χ1) is 13.2. The van der Waals surface area contributed by atoms with Crippen LogP contribution in [-0.2, 0) is 28.9 Å². The van der Waals surface area contributed by atoms with E-state index in [9.17, 15) is 0 Å². The highest BCUT2D eigenvalue weighted by molar-refractivity contribution is 6.00. The first-order valence-electron chi connectivity index (χ1n) is 9.34. The fourth-order valence-electron chi connectivity index (χ4n) is 3.34. The highest BCUT2D eigenvalue weighted by Gasteiger charge is 2.18. The zero-order chi connectivity index (χ0) is 19.1. The number of pyridine rings is 2. The zero-order valence-electron chi connectivity index (χ0n) is 16.2. The van der Waals surface area contributed by atoms with Gasteiger partial charge in [0.2, 0.25) is 0 Å². The fourth-order valence-corrected chi connectivity index (χ4v) is 3.34. The second-order valence-electron chi connectivity index (χ2n) is 6.61. The predicted octanol–water partition coefficient (Wildman–Crippen LogP) is 3.71. The number of hydrogen-bond acceptors (Lipinski definition) is 6. The van der Waals surface area contributed by atoms with Crippen LogP contribution < -0.4 is 0 Å². The van der Waals surface area contributed by atoms with Crippen LogP contribution in [0.25, 0.3) is 0 Å². The lowest BCUT2D eigenvalue weighted by Crippen LogP contribution is -2.15. The van der Waals surface area contributed by atoms with Crippen molar-refractivity contribution in [1.29, 1.82) is 0 Å². The van der Waals surface area contributed by atoms with Crippen LogP contribution in [0.4, 0.5) is 0 Å². The summed E-state index contributed by atoms with van der Waals surface area (Å²) in [6.45, 7) is 1.89. The third-order valence-corrected chi connectivity index (χ3v) is 4.64. The number of fused-ring (bicyclic) bond motifs is 1. The van der Waals surface area contributed by atoms with E-state index in [1.54, 1.807) is 14.2 Å². The molecular weight excluding hydrogens is 340 g/mol. The lowest BCUT2D eigenvalue weighted by atomic mass is 9.94. The fraction of sp³-hybridized carbons (Fsp3) is 0.429. The first-order valence-corrected chi connectivity index (χ1v) is 9.34. The standard InChI is InChI=1S/C21H26N4O2/c1-15(24-26-2)19-11-6-10-17(22-19)8-5-9-18-14-13-16-7-4-12-20(25-27-3)21(16)23-18/h6,10-11,13-14H,4-5,7-9,12H2,1-3H3/b24-15+,25-20+. The van der Waals surface area contributed by atoms with Gasteiger partial charge in [-0.05, 0) is 69.2 Å². The minimum atomic E-state index is 0.778. The van der Waals surface area contributed by atoms with Crippen molar-refractivity contribution >= 4 is 11.4 Å². The Labute approximate surface area is 160 Å². The Kier molecular flexibility index (Phi) is 6.52. The molecular formula is C21H26N4O2. The molecule has 0 bridgehead atoms. The van der Waals surface area contributed by atoms with Crippen LogP contribution in [0.1, 0.15) is 54.5 Å². The molecule has 0 amide bonds. The molecule has 0 aliphatic heterocycles. The molecule has 0 aromatic carbocycles. The average Bonchev–Trinajstić information content (AvgIpc) is 2.69. The van der Waals surface area contributed by atoms with Gasteiger partial charge in [0.1, 0.15) is 25.6 Å². The van der Waals surface area contributed by atoms with Crippen molar-refractivity contribution < 1.29 is 9.68 Å². The summed E-state index contributed by atoms with van der Waals surface area (Å²) < 4.78 is 0. The number of rotatable bonds is 7. The minimum absolute atomic E-state index is 0.778. The van der Waals surface area contributed by atoms with Gasteiger partial charge in [0, 0.05) is 11.4 Å². The van der Waals surface area contributed by atoms with Gasteiger partial charge in [0.25, 0.3) is 0 Å². The third-order valence-electron chi connectivity index (χ3n) is 4.64. The van der Waals surface area contributed by atoms with Crippen molar-refractivity contribution in [2.45, 2.75) is 45.4 Å². The van der Waals surface area contributed by atoms with Gasteiger partial charge in [0.05, 0.1) is 11.4 Å². The molecule has 2 heterocycles. The average molecular weight is 366 g/mol. The van der Waals surface area contributed by atoms with Crippen molar-refractivity contribution in [3.05, 3.63) is 58.7 Å². The number of aromatic nitrogens is 2. The molecule has 142 valence electrons. The largest absolute Gasteiger partial charge is 0.399 e. The lowest BCUT2D eigenvalue weighted by molar-refractivity contribution is 0.212. The SMILES string of the molecule is CO/N=C(\C)c1cccc(CCCc2ccc3c(n2)/C(=N/OC)CCC3)n1. The van der Waals surface area contributed by atoms with Crippen molar-refractivity contribution in [3.63, 3.8) is 0 Å². The van der Waals surface area contributed by atoms with Gasteiger partial charge >= 0.3 is 0 Å². The highest BCUT2D eigenvalue weighted by Crippen LogP contribution is 2.21. The Morgan fingerprint density at radius 1 is 1.00 bits per heavy atom. The van der Waals surface area contributed by atoms with Crippen molar-refractivity contribution in [1.82, 2.24) is 9.97 Å². The Hall–Kier alpha value is -2.76. The maximum Gasteiger partial charge on any atom is 0.106 e. The van der Waals surface area contributed by atoms with E-state index in [2.05, 4.69) is 27.4 Å². The molecule has 0 fully saturated rings. The van der Waals surface area contributed by atoms with Crippen LogP contribution in [0.15, 0.2) is 40.6 Å². The summed E-state index contributed by atoms with van der Waals surface area (Å²) >= 11 is 0. The van der Waals surface area contributed by atoms with Gasteiger partial charge in [0.15, 0.2) is 0 Å². The van der Waals surface area contributed by atoms with Gasteiger partial charge < -0.3 is 9.68 Å². The van der Waals surface area contributed by atoms with Crippen LogP contribution in [0.2, 0.25) is 0 Å². The monoisotopic (exact) mass is 366 g/mol. The predicted molar refractivity (Wildman–Crippen MR) is 106 cm³/mol. The van der Waals surface area contributed by atoms with E-state index in [0.717, 1.165) is 72.7 Å². The van der Waals surface area contributed by atoms with E-state index in [0.29, 0.717) is 0 Å². The molecule has 6 nitrogen and oxygen atoms in total. The van der Waals surface area contributed by atoms with E-state index < -0.39 is 0 Å². The number of hydrogen-bond donors (Lipinski definition) is 0. The van der Waals surface area contributed by atoms with Gasteiger partial charge in [-0.15, -0.1) is 0 Å². The van der Waals surface area contributed by atoms with Crippen LogP contribution in [-0.4, -0.2) is 35.6 Å². The van der Waals surface area contributed by atoms with Crippen LogP contribution in [0.3, 0.4) is 0 Å². The van der Waals surface area contributed by atoms with E-state index in [1.165, 1.54) is 5.56 Å². The van der Waals surface area contributed by atoms with Gasteiger partial charge in [-0.3, -0.25) is 9.97 Å². The second-order valence-corrected chi connectivity index (χ2v) is 6.61. The highest BCUT2D eigenvalue weighted by atomic mass is 16.6. The Morgan fingerprint density at radius 2 is 1.81 bits per heavy atom. The summed E-state index contributed by atoms with van der Waals surface area (Å²) in [7, 11) is 3.13. The summed E-state index contributed by atoms with van der Waals surface area (Å²) in [5, 5.41) is 8.11. The smallest absolute Gasteiger partial charge is 0.106 e. The Bertz CT molecular complexity index is 846. The summed E-state index contributed by atoms with van der Waals surface area (Å²) in [4.78, 5) is 19.3. The molecule has 0 atom stereocenters. The Morgan fingerprint density at radius 3 is 2.59 bits per heavy atom. The molecule has 0 unspecified atom stereocenters. The molecule has 0 radical (unpaired) electrons. The lowest BCUT2D eigenvalue weighted by Gasteiger charge is -2.17. The van der Waals surface area contributed by atoms with Gasteiger partial charge in [-0.25, -0.2) is 0 Å². The van der Waals surface area contributed by atoms with Gasteiger partial charge in [-0.2, -0.15) is 0 Å². The van der Waals surface area contributed by atoms with Crippen molar-refractivity contribution in [2.75, 3.05) is 14.2 Å². The molecule has 0 saturated carbocycles. The van der Waals surface area contributed by atoms with Crippen molar-refractivity contribution in [2.24, 2.45) is 10.3 Å². The molecule has 3 rings (SSSR count). The topological polar surface area (TPSA) is 69.0 Å². The molecule has 27 heavy (non-hydrogen) atoms. The van der Waals surface area contributed by atoms with E-state index in [-0.39, 0.29) is 0 Å². The molecule has 0 N–H and O–H groups in total. The summed E-state index contributed by atoms with van der Waals surface area (Å²) in [6, 6.07) is 10.3. The normalized spacial score (nSPS) is 15.5. The van der Waals surface area contributed by atoms with E-state index in [4.69, 9.17) is 14.7 Å². The van der Waals surface area contributed by atoms with Gasteiger partial charge in [-0.1, -0.05) is 22.4 Å². The summed E-state index contributed by atoms with van der Waals surface area (Å²) in [5.74, 6) is 0. The Balaban J connectivity index is 1.65. The molecule has 2 aromatic heterocycles. The summed E-state index contributed by atoms with van der Waals surface area (Å²) in [6.07, 6.45) is 5.88. The van der Waals surface area contributed by atoms with Crippen LogP contribution in [0.5, 0.6) is 0 Å². The van der Waals surface area contributed by atoms with Crippen LogP contribution >= 0.6 is 0 Å². The van der Waals surface area contributed by atoms with Crippen molar-refractivity contribution in [3.8, 4) is 0 Å². The first kappa shape index (κ1) is 19.0. The van der Waals surface area contributed by atoms with E-state index in [1.807, 2.05) is 25.1 Å². The molecule has 0 spiro atoms. The molecule has 1 aliphatic carbocycles. The quantitative estimate of drug-likeness (QED) is 0.553. The zero-order valence-corrected chi connectivity index (χ0v) is 16.2. The van der Waals surface area contributed by atoms with E-state index >= 15 is 0 Å². The number of aryl methyl sites for hydroxylation is 3. The molecule has 1 aliphatic rings.